The van der Waals surface area contributed by atoms with Crippen molar-refractivity contribution in [3.63, 3.8) is 0 Å². The molecule has 0 radical (unpaired) electrons. The van der Waals surface area contributed by atoms with Gasteiger partial charge in [-0.2, -0.15) is 0 Å². The zero-order valence-electron chi connectivity index (χ0n) is 10.6. The predicted molar refractivity (Wildman–Crippen MR) is 82.9 cm³/mol. The van der Waals surface area contributed by atoms with Crippen molar-refractivity contribution in [2.45, 2.75) is 19.4 Å². The van der Waals surface area contributed by atoms with Crippen LogP contribution in [0.2, 0.25) is 0 Å². The average molecular weight is 304 g/mol. The van der Waals surface area contributed by atoms with E-state index in [9.17, 15) is 0 Å². The van der Waals surface area contributed by atoms with Crippen LogP contribution in [0.15, 0.2) is 53.5 Å². The first kappa shape index (κ1) is 13.3. The highest BCUT2D eigenvalue weighted by molar-refractivity contribution is 9.10. The molecule has 0 fully saturated rings. The Kier molecular flexibility index (Phi) is 4.56. The van der Waals surface area contributed by atoms with Gasteiger partial charge in [-0.3, -0.25) is 0 Å². The van der Waals surface area contributed by atoms with Crippen LogP contribution in [0.4, 0.5) is 0 Å². The van der Waals surface area contributed by atoms with Crippen molar-refractivity contribution >= 4 is 26.7 Å². The average Bonchev–Trinajstić information content (AvgIpc) is 2.38. The Morgan fingerprint density at radius 3 is 2.67 bits per heavy atom. The minimum atomic E-state index is 0.362. The monoisotopic (exact) mass is 303 g/mol. The summed E-state index contributed by atoms with van der Waals surface area (Å²) < 4.78 is 1.12. The highest BCUT2D eigenvalue weighted by Crippen LogP contribution is 2.25. The first-order valence-corrected chi connectivity index (χ1v) is 7.07. The summed E-state index contributed by atoms with van der Waals surface area (Å²) in [6.45, 7) is 6.94. The molecule has 0 aliphatic heterocycles. The molecule has 0 saturated heterocycles. The first-order valence-electron chi connectivity index (χ1n) is 6.28. The molecule has 18 heavy (non-hydrogen) atoms. The fourth-order valence-electron chi connectivity index (χ4n) is 2.20. The van der Waals surface area contributed by atoms with Crippen molar-refractivity contribution in [1.82, 2.24) is 5.32 Å². The van der Waals surface area contributed by atoms with Crippen LogP contribution < -0.4 is 5.32 Å². The molecule has 0 bridgehead atoms. The van der Waals surface area contributed by atoms with Gasteiger partial charge in [-0.25, -0.2) is 0 Å². The van der Waals surface area contributed by atoms with E-state index in [1.165, 1.54) is 16.3 Å². The second-order valence-corrected chi connectivity index (χ2v) is 5.30. The van der Waals surface area contributed by atoms with Crippen LogP contribution in [0.25, 0.3) is 10.8 Å². The van der Waals surface area contributed by atoms with Gasteiger partial charge in [0.25, 0.3) is 0 Å². The second-order valence-electron chi connectivity index (χ2n) is 4.39. The van der Waals surface area contributed by atoms with Crippen LogP contribution >= 0.6 is 15.9 Å². The Morgan fingerprint density at radius 1 is 1.22 bits per heavy atom. The lowest BCUT2D eigenvalue weighted by molar-refractivity contribution is 0.559. The molecule has 0 heterocycles. The predicted octanol–water partition coefficient (Wildman–Crippen LogP) is 4.83. The minimum absolute atomic E-state index is 0.362. The zero-order valence-corrected chi connectivity index (χ0v) is 12.2. The third-order valence-electron chi connectivity index (χ3n) is 3.08. The molecule has 0 aliphatic carbocycles. The molecule has 2 rings (SSSR count). The largest absolute Gasteiger partial charge is 0.310 e. The molecular weight excluding hydrogens is 286 g/mol. The SMILES string of the molecule is C=CCC(NCC)c1ccc2cc(Br)ccc2c1. The van der Waals surface area contributed by atoms with E-state index in [0.29, 0.717) is 6.04 Å². The molecule has 0 aromatic heterocycles. The fraction of sp³-hybridized carbons (Fsp3) is 0.250. The number of nitrogens with one attached hydrogen (secondary N) is 1. The number of fused-ring (bicyclic) bond motifs is 1. The van der Waals surface area contributed by atoms with Gasteiger partial charge >= 0.3 is 0 Å². The number of hydrogen-bond donors (Lipinski definition) is 1. The van der Waals surface area contributed by atoms with Gasteiger partial charge in [0.1, 0.15) is 0 Å². The van der Waals surface area contributed by atoms with Crippen LogP contribution in [0.5, 0.6) is 0 Å². The van der Waals surface area contributed by atoms with Gasteiger partial charge in [0.05, 0.1) is 0 Å². The molecular formula is C16H18BrN. The van der Waals surface area contributed by atoms with E-state index in [1.54, 1.807) is 0 Å². The van der Waals surface area contributed by atoms with Crippen molar-refractivity contribution < 1.29 is 0 Å². The highest BCUT2D eigenvalue weighted by Gasteiger charge is 2.08. The van der Waals surface area contributed by atoms with E-state index in [2.05, 4.69) is 71.1 Å². The Bertz CT molecular complexity index is 548. The van der Waals surface area contributed by atoms with E-state index in [-0.39, 0.29) is 0 Å². The Balaban J connectivity index is 2.38. The molecule has 1 atom stereocenters. The van der Waals surface area contributed by atoms with Gasteiger partial charge in [-0.05, 0) is 47.5 Å². The quantitative estimate of drug-likeness (QED) is 0.780. The molecule has 94 valence electrons. The number of benzene rings is 2. The van der Waals surface area contributed by atoms with Crippen LogP contribution in [0.1, 0.15) is 24.9 Å². The summed E-state index contributed by atoms with van der Waals surface area (Å²) in [4.78, 5) is 0. The summed E-state index contributed by atoms with van der Waals surface area (Å²) in [5.41, 5.74) is 1.33. The van der Waals surface area contributed by atoms with Crippen molar-refractivity contribution in [1.29, 1.82) is 0 Å². The molecule has 2 aromatic rings. The maximum absolute atomic E-state index is 3.84. The standard InChI is InChI=1S/C16H18BrN/c1-3-5-16(18-4-2)14-7-6-13-11-15(17)9-8-12(13)10-14/h3,6-11,16,18H,1,4-5H2,2H3. The van der Waals surface area contributed by atoms with Crippen molar-refractivity contribution in [2.75, 3.05) is 6.54 Å². The van der Waals surface area contributed by atoms with Crippen LogP contribution in [-0.2, 0) is 0 Å². The molecule has 1 N–H and O–H groups in total. The third-order valence-corrected chi connectivity index (χ3v) is 3.57. The van der Waals surface area contributed by atoms with Crippen molar-refractivity contribution in [3.05, 3.63) is 59.1 Å². The van der Waals surface area contributed by atoms with Gasteiger partial charge in [0, 0.05) is 10.5 Å². The normalized spacial score (nSPS) is 12.6. The third kappa shape index (κ3) is 3.01. The summed E-state index contributed by atoms with van der Waals surface area (Å²) in [7, 11) is 0. The van der Waals surface area contributed by atoms with E-state index < -0.39 is 0 Å². The summed E-state index contributed by atoms with van der Waals surface area (Å²) in [5.74, 6) is 0. The summed E-state index contributed by atoms with van der Waals surface area (Å²) in [6.07, 6.45) is 2.93. The lowest BCUT2D eigenvalue weighted by Crippen LogP contribution is -2.20. The Hall–Kier alpha value is -1.12. The van der Waals surface area contributed by atoms with Crippen LogP contribution in [0, 0.1) is 0 Å². The first-order chi connectivity index (χ1) is 8.74. The molecule has 0 aliphatic rings. The minimum Gasteiger partial charge on any atom is -0.310 e. The summed E-state index contributed by atoms with van der Waals surface area (Å²) in [5, 5.41) is 6.04. The molecule has 0 amide bonds. The topological polar surface area (TPSA) is 12.0 Å². The summed E-state index contributed by atoms with van der Waals surface area (Å²) >= 11 is 3.50. The Labute approximate surface area is 117 Å². The van der Waals surface area contributed by atoms with Crippen LogP contribution in [0.3, 0.4) is 0 Å². The molecule has 2 aromatic carbocycles. The van der Waals surface area contributed by atoms with Gasteiger partial charge < -0.3 is 5.32 Å². The van der Waals surface area contributed by atoms with E-state index in [1.807, 2.05) is 6.08 Å². The van der Waals surface area contributed by atoms with Crippen LogP contribution in [-0.4, -0.2) is 6.54 Å². The summed E-state index contributed by atoms with van der Waals surface area (Å²) in [6, 6.07) is 13.4. The zero-order chi connectivity index (χ0) is 13.0. The molecule has 1 nitrogen and oxygen atoms in total. The van der Waals surface area contributed by atoms with Crippen molar-refractivity contribution in [2.24, 2.45) is 0 Å². The molecule has 1 unspecified atom stereocenters. The van der Waals surface area contributed by atoms with Crippen molar-refractivity contribution in [3.8, 4) is 0 Å². The van der Waals surface area contributed by atoms with E-state index >= 15 is 0 Å². The molecule has 0 spiro atoms. The van der Waals surface area contributed by atoms with Gasteiger partial charge in [-0.15, -0.1) is 6.58 Å². The molecule has 0 saturated carbocycles. The second kappa shape index (κ2) is 6.17. The Morgan fingerprint density at radius 2 is 1.94 bits per heavy atom. The number of rotatable bonds is 5. The van der Waals surface area contributed by atoms with Gasteiger partial charge in [0.15, 0.2) is 0 Å². The maximum Gasteiger partial charge on any atom is 0.0354 e. The smallest absolute Gasteiger partial charge is 0.0354 e. The van der Waals surface area contributed by atoms with E-state index in [0.717, 1.165) is 17.4 Å². The molecule has 2 heteroatoms. The van der Waals surface area contributed by atoms with E-state index in [4.69, 9.17) is 0 Å². The highest BCUT2D eigenvalue weighted by atomic mass is 79.9. The lowest BCUT2D eigenvalue weighted by Gasteiger charge is -2.17. The van der Waals surface area contributed by atoms with Gasteiger partial charge in [0.2, 0.25) is 0 Å². The maximum atomic E-state index is 3.84. The lowest BCUT2D eigenvalue weighted by atomic mass is 10.00. The number of hydrogen-bond acceptors (Lipinski definition) is 1. The number of halogens is 1. The fourth-order valence-corrected chi connectivity index (χ4v) is 2.58. The van der Waals surface area contributed by atoms with Gasteiger partial charge in [-0.1, -0.05) is 47.1 Å².